The van der Waals surface area contributed by atoms with Crippen molar-refractivity contribution in [1.29, 1.82) is 0 Å². The molecule has 2 aromatic rings. The smallest absolute Gasteiger partial charge is 0.338 e. The van der Waals surface area contributed by atoms with Gasteiger partial charge in [-0.15, -0.1) is 0 Å². The Kier molecular flexibility index (Phi) is 3.70. The Morgan fingerprint density at radius 3 is 2.95 bits per heavy atom. The van der Waals surface area contributed by atoms with Crippen LogP contribution in [0.15, 0.2) is 35.2 Å². The number of aromatic carboxylic acids is 1. The molecule has 1 aliphatic heterocycles. The van der Waals surface area contributed by atoms with E-state index in [0.29, 0.717) is 6.54 Å². The Labute approximate surface area is 125 Å². The molecule has 0 aromatic carbocycles. The second-order valence-corrected chi connectivity index (χ2v) is 5.70. The predicted molar refractivity (Wildman–Crippen MR) is 78.5 cm³/mol. The number of carbonyl (C=O) groups is 2. The van der Waals surface area contributed by atoms with Crippen LogP contribution in [0, 0.1) is 0 Å². The van der Waals surface area contributed by atoms with Gasteiger partial charge >= 0.3 is 5.97 Å². The highest BCUT2D eigenvalue weighted by molar-refractivity contribution is 7.08. The molecular formula is C15H14N2O3S. The first-order chi connectivity index (χ1) is 10.2. The van der Waals surface area contributed by atoms with Gasteiger partial charge in [-0.25, -0.2) is 4.79 Å². The second-order valence-electron chi connectivity index (χ2n) is 4.92. The summed E-state index contributed by atoms with van der Waals surface area (Å²) in [5.74, 6) is -1.43. The minimum Gasteiger partial charge on any atom is -0.478 e. The molecule has 1 unspecified atom stereocenters. The van der Waals surface area contributed by atoms with Crippen LogP contribution in [0.4, 0.5) is 0 Å². The predicted octanol–water partition coefficient (Wildman–Crippen LogP) is 2.82. The number of amides is 1. The van der Waals surface area contributed by atoms with Crippen molar-refractivity contribution in [3.8, 4) is 0 Å². The summed E-state index contributed by atoms with van der Waals surface area (Å²) < 4.78 is 0. The number of hydrogen-bond acceptors (Lipinski definition) is 4. The highest BCUT2D eigenvalue weighted by Gasteiger charge is 2.33. The molecule has 3 heterocycles. The Hall–Kier alpha value is -2.21. The molecule has 2 aromatic heterocycles. The molecule has 0 spiro atoms. The molecule has 0 bridgehead atoms. The molecule has 0 radical (unpaired) electrons. The third kappa shape index (κ3) is 2.54. The van der Waals surface area contributed by atoms with Crippen LogP contribution in [0.3, 0.4) is 0 Å². The fraction of sp³-hybridized carbons (Fsp3) is 0.267. The monoisotopic (exact) mass is 302 g/mol. The number of carboxylic acids is 1. The summed E-state index contributed by atoms with van der Waals surface area (Å²) in [6.45, 7) is 0.634. The van der Waals surface area contributed by atoms with E-state index < -0.39 is 5.97 Å². The molecule has 1 aliphatic rings. The molecular weight excluding hydrogens is 288 g/mol. The number of pyridine rings is 1. The molecule has 108 valence electrons. The van der Waals surface area contributed by atoms with Gasteiger partial charge in [0, 0.05) is 12.7 Å². The van der Waals surface area contributed by atoms with E-state index in [4.69, 9.17) is 0 Å². The van der Waals surface area contributed by atoms with Gasteiger partial charge in [-0.1, -0.05) is 0 Å². The Morgan fingerprint density at radius 1 is 1.38 bits per heavy atom. The maximum Gasteiger partial charge on any atom is 0.338 e. The van der Waals surface area contributed by atoms with Gasteiger partial charge in [0.1, 0.15) is 5.69 Å². The SMILES string of the molecule is O=C(O)c1cccnc1C(=O)N1CCCC1c1ccsc1. The van der Waals surface area contributed by atoms with Crippen LogP contribution in [-0.2, 0) is 0 Å². The summed E-state index contributed by atoms with van der Waals surface area (Å²) in [6.07, 6.45) is 3.27. The van der Waals surface area contributed by atoms with Crippen molar-refractivity contribution in [3.63, 3.8) is 0 Å². The Bertz CT molecular complexity index is 669. The minimum absolute atomic E-state index is 0.0205. The van der Waals surface area contributed by atoms with E-state index in [9.17, 15) is 14.7 Å². The van der Waals surface area contributed by atoms with Crippen molar-refractivity contribution in [2.24, 2.45) is 0 Å². The molecule has 21 heavy (non-hydrogen) atoms. The Balaban J connectivity index is 1.93. The third-order valence-electron chi connectivity index (χ3n) is 3.68. The maximum atomic E-state index is 12.7. The molecule has 0 aliphatic carbocycles. The van der Waals surface area contributed by atoms with Gasteiger partial charge in [0.15, 0.2) is 0 Å². The van der Waals surface area contributed by atoms with Crippen LogP contribution in [0.25, 0.3) is 0 Å². The number of thiophene rings is 1. The van der Waals surface area contributed by atoms with Crippen LogP contribution in [0.2, 0.25) is 0 Å². The molecule has 3 rings (SSSR count). The number of nitrogens with zero attached hydrogens (tertiary/aromatic N) is 2. The first-order valence-electron chi connectivity index (χ1n) is 6.70. The zero-order valence-electron chi connectivity index (χ0n) is 11.2. The highest BCUT2D eigenvalue weighted by Crippen LogP contribution is 2.34. The van der Waals surface area contributed by atoms with E-state index in [1.54, 1.807) is 16.2 Å². The maximum absolute atomic E-state index is 12.7. The number of rotatable bonds is 3. The molecule has 1 fully saturated rings. The van der Waals surface area contributed by atoms with E-state index >= 15 is 0 Å². The summed E-state index contributed by atoms with van der Waals surface area (Å²) in [6, 6.07) is 4.98. The number of aromatic nitrogens is 1. The van der Waals surface area contributed by atoms with E-state index in [1.807, 2.05) is 16.8 Å². The van der Waals surface area contributed by atoms with Gasteiger partial charge in [-0.05, 0) is 47.4 Å². The highest BCUT2D eigenvalue weighted by atomic mass is 32.1. The lowest BCUT2D eigenvalue weighted by atomic mass is 10.1. The minimum atomic E-state index is -1.13. The molecule has 1 atom stereocenters. The summed E-state index contributed by atoms with van der Waals surface area (Å²) in [5.41, 5.74) is 1.09. The fourth-order valence-electron chi connectivity index (χ4n) is 2.71. The van der Waals surface area contributed by atoms with Gasteiger partial charge in [0.05, 0.1) is 11.6 Å². The van der Waals surface area contributed by atoms with Crippen LogP contribution in [0.1, 0.15) is 45.3 Å². The van der Waals surface area contributed by atoms with E-state index in [2.05, 4.69) is 4.98 Å². The van der Waals surface area contributed by atoms with Crippen molar-refractivity contribution in [3.05, 3.63) is 52.0 Å². The van der Waals surface area contributed by atoms with Gasteiger partial charge in [0.2, 0.25) is 0 Å². The molecule has 1 N–H and O–H groups in total. The zero-order valence-corrected chi connectivity index (χ0v) is 12.0. The summed E-state index contributed by atoms with van der Waals surface area (Å²) in [5, 5.41) is 13.2. The van der Waals surface area contributed by atoms with E-state index in [1.165, 1.54) is 18.3 Å². The second kappa shape index (κ2) is 5.65. The van der Waals surface area contributed by atoms with Crippen molar-refractivity contribution >= 4 is 23.2 Å². The molecule has 1 saturated heterocycles. The summed E-state index contributed by atoms with van der Waals surface area (Å²) >= 11 is 1.60. The zero-order chi connectivity index (χ0) is 14.8. The summed E-state index contributed by atoms with van der Waals surface area (Å²) in [7, 11) is 0. The largest absolute Gasteiger partial charge is 0.478 e. The molecule has 6 heteroatoms. The first-order valence-corrected chi connectivity index (χ1v) is 7.64. The topological polar surface area (TPSA) is 70.5 Å². The van der Waals surface area contributed by atoms with Crippen LogP contribution in [0.5, 0.6) is 0 Å². The van der Waals surface area contributed by atoms with Gasteiger partial charge in [-0.3, -0.25) is 9.78 Å². The lowest BCUT2D eigenvalue weighted by Gasteiger charge is -2.24. The summed E-state index contributed by atoms with van der Waals surface area (Å²) in [4.78, 5) is 29.6. The Morgan fingerprint density at radius 2 is 2.24 bits per heavy atom. The lowest BCUT2D eigenvalue weighted by molar-refractivity contribution is 0.0666. The van der Waals surface area contributed by atoms with Crippen LogP contribution < -0.4 is 0 Å². The van der Waals surface area contributed by atoms with Crippen molar-refractivity contribution in [2.75, 3.05) is 6.54 Å². The van der Waals surface area contributed by atoms with Gasteiger partial charge < -0.3 is 10.0 Å². The van der Waals surface area contributed by atoms with Gasteiger partial charge in [-0.2, -0.15) is 11.3 Å². The van der Waals surface area contributed by atoms with Crippen LogP contribution in [-0.4, -0.2) is 33.4 Å². The van der Waals surface area contributed by atoms with E-state index in [0.717, 1.165) is 18.4 Å². The normalized spacial score (nSPS) is 17.9. The standard InChI is InChI=1S/C15H14N2O3S/c18-14(13-11(15(19)20)3-1-6-16-13)17-7-2-4-12(17)10-5-8-21-9-10/h1,3,5-6,8-9,12H,2,4,7H2,(H,19,20). The molecule has 1 amide bonds. The van der Waals surface area contributed by atoms with Crippen LogP contribution >= 0.6 is 11.3 Å². The number of carbonyl (C=O) groups excluding carboxylic acids is 1. The lowest BCUT2D eigenvalue weighted by Crippen LogP contribution is -2.32. The average molecular weight is 302 g/mol. The number of hydrogen-bond donors (Lipinski definition) is 1. The number of carboxylic acid groups (broad SMARTS) is 1. The van der Waals surface area contributed by atoms with Gasteiger partial charge in [0.25, 0.3) is 5.91 Å². The van der Waals surface area contributed by atoms with E-state index in [-0.39, 0.29) is 23.2 Å². The molecule has 5 nitrogen and oxygen atoms in total. The van der Waals surface area contributed by atoms with Crippen molar-refractivity contribution < 1.29 is 14.7 Å². The van der Waals surface area contributed by atoms with Crippen molar-refractivity contribution in [2.45, 2.75) is 18.9 Å². The fourth-order valence-corrected chi connectivity index (χ4v) is 3.41. The quantitative estimate of drug-likeness (QED) is 0.946. The van der Waals surface area contributed by atoms with Crippen molar-refractivity contribution in [1.82, 2.24) is 9.88 Å². The molecule has 0 saturated carbocycles. The number of likely N-dealkylation sites (tertiary alicyclic amines) is 1. The average Bonchev–Trinajstić information content (AvgIpc) is 3.16. The first kappa shape index (κ1) is 13.8. The third-order valence-corrected chi connectivity index (χ3v) is 4.38.